The molecule has 0 spiro atoms. The van der Waals surface area contributed by atoms with E-state index in [0.29, 0.717) is 6.61 Å². The molecule has 6 heteroatoms. The van der Waals surface area contributed by atoms with Crippen molar-refractivity contribution < 1.29 is 28.9 Å². The molecule has 0 saturated carbocycles. The minimum atomic E-state index is -0.716. The molecule has 0 aromatic heterocycles. The van der Waals surface area contributed by atoms with E-state index >= 15 is 0 Å². The van der Waals surface area contributed by atoms with Gasteiger partial charge in [-0.15, -0.1) is 0 Å². The zero-order chi connectivity index (χ0) is 14.1. The molecule has 3 rings (SSSR count). The lowest BCUT2D eigenvalue weighted by atomic mass is 9.89. The van der Waals surface area contributed by atoms with Crippen LogP contribution in [0, 0.1) is 0 Å². The maximum absolute atomic E-state index is 10.2. The van der Waals surface area contributed by atoms with Crippen LogP contribution in [0.15, 0.2) is 0 Å². The Labute approximate surface area is 112 Å². The van der Waals surface area contributed by atoms with Gasteiger partial charge in [-0.05, 0) is 32.4 Å². The van der Waals surface area contributed by atoms with Crippen LogP contribution in [-0.2, 0) is 18.9 Å². The Bertz CT molecular complexity index is 433. The summed E-state index contributed by atoms with van der Waals surface area (Å²) in [6.45, 7) is 9.80. The summed E-state index contributed by atoms with van der Waals surface area (Å²) in [5, 5.41) is 10.2. The summed E-state index contributed by atoms with van der Waals surface area (Å²) in [6, 6.07) is 0. The van der Waals surface area contributed by atoms with Gasteiger partial charge in [-0.2, -0.15) is 0 Å². The Morgan fingerprint density at radius 1 is 1.05 bits per heavy atom. The van der Waals surface area contributed by atoms with E-state index in [-0.39, 0.29) is 18.3 Å². The van der Waals surface area contributed by atoms with Gasteiger partial charge in [0.2, 0.25) is 6.21 Å². The second kappa shape index (κ2) is 3.69. The Morgan fingerprint density at radius 2 is 1.74 bits per heavy atom. The van der Waals surface area contributed by atoms with Gasteiger partial charge in [0.05, 0.1) is 6.61 Å². The van der Waals surface area contributed by atoms with Crippen molar-refractivity contribution in [1.29, 1.82) is 0 Å². The second-order valence-electron chi connectivity index (χ2n) is 6.56. The summed E-state index contributed by atoms with van der Waals surface area (Å²) in [6.07, 6.45) is 0.817. The van der Waals surface area contributed by atoms with E-state index in [9.17, 15) is 5.21 Å². The second-order valence-corrected chi connectivity index (χ2v) is 6.56. The number of nitrogens with zero attached hydrogens (tertiary/aromatic N) is 1. The molecule has 0 amide bonds. The van der Waals surface area contributed by atoms with Crippen molar-refractivity contribution in [2.45, 2.75) is 70.0 Å². The predicted octanol–water partition coefficient (Wildman–Crippen LogP) is 0.903. The summed E-state index contributed by atoms with van der Waals surface area (Å²) >= 11 is 0. The molecule has 0 bridgehead atoms. The number of rotatable bonds is 1. The minimum absolute atomic E-state index is 0.266. The lowest BCUT2D eigenvalue weighted by Crippen LogP contribution is -2.57. The van der Waals surface area contributed by atoms with Gasteiger partial charge in [0.15, 0.2) is 29.9 Å². The first-order chi connectivity index (χ1) is 8.64. The minimum Gasteiger partial charge on any atom is -0.348 e. The third-order valence-corrected chi connectivity index (χ3v) is 4.15. The molecule has 19 heavy (non-hydrogen) atoms. The highest BCUT2D eigenvalue weighted by atomic mass is 16.8. The van der Waals surface area contributed by atoms with Crippen molar-refractivity contribution in [3.63, 3.8) is 0 Å². The zero-order valence-corrected chi connectivity index (χ0v) is 12.0. The topological polar surface area (TPSA) is 60.2 Å². The number of fused-ring (bicyclic) bond motifs is 1. The van der Waals surface area contributed by atoms with E-state index in [2.05, 4.69) is 0 Å². The lowest BCUT2D eigenvalue weighted by molar-refractivity contribution is -0.826. The molecule has 0 aromatic carbocycles. The Hall–Kier alpha value is -0.690. The summed E-state index contributed by atoms with van der Waals surface area (Å²) in [7, 11) is 0. The number of ether oxygens (including phenoxy) is 4. The molecular formula is C13H22NO5+. The fourth-order valence-electron chi connectivity index (χ4n) is 3.09. The van der Waals surface area contributed by atoms with Crippen molar-refractivity contribution >= 4 is 6.21 Å². The number of hydroxylamine groups is 1. The molecule has 4 atom stereocenters. The highest BCUT2D eigenvalue weighted by molar-refractivity contribution is 5.62. The van der Waals surface area contributed by atoms with Gasteiger partial charge < -0.3 is 18.9 Å². The third kappa shape index (κ3) is 1.89. The van der Waals surface area contributed by atoms with Gasteiger partial charge in [0.1, 0.15) is 0 Å². The standard InChI is InChI=1S/C13H22NO5/c1-11(2)16-7-9(18-11)13(5)10-8(6-14(13)15)17-12(3,4)19-10/h6,8-10,15H,7H2,1-5H3/q+1/t8-,9-,10-,13+/m1/s1. The highest BCUT2D eigenvalue weighted by Crippen LogP contribution is 2.43. The average Bonchev–Trinajstić information content (AvgIpc) is 2.83. The van der Waals surface area contributed by atoms with Crippen LogP contribution >= 0.6 is 0 Å². The molecule has 0 unspecified atom stereocenters. The fourth-order valence-corrected chi connectivity index (χ4v) is 3.09. The fraction of sp³-hybridized carbons (Fsp3) is 0.923. The van der Waals surface area contributed by atoms with Gasteiger partial charge in [-0.3, -0.25) is 5.21 Å². The summed E-state index contributed by atoms with van der Waals surface area (Å²) in [5.41, 5.74) is -0.716. The first-order valence-corrected chi connectivity index (χ1v) is 6.65. The molecule has 3 heterocycles. The van der Waals surface area contributed by atoms with Crippen LogP contribution in [0.25, 0.3) is 0 Å². The molecule has 3 aliphatic heterocycles. The predicted molar refractivity (Wildman–Crippen MR) is 65.2 cm³/mol. The highest BCUT2D eigenvalue weighted by Gasteiger charge is 2.68. The van der Waals surface area contributed by atoms with Gasteiger partial charge >= 0.3 is 0 Å². The van der Waals surface area contributed by atoms with Crippen molar-refractivity contribution in [3.8, 4) is 0 Å². The molecular weight excluding hydrogens is 250 g/mol. The normalized spacial score (nSPS) is 47.2. The van der Waals surface area contributed by atoms with Crippen molar-refractivity contribution in [2.24, 2.45) is 0 Å². The van der Waals surface area contributed by atoms with Crippen molar-refractivity contribution in [2.75, 3.05) is 6.61 Å². The Balaban J connectivity index is 1.89. The summed E-state index contributed by atoms with van der Waals surface area (Å²) in [4.78, 5) is 0. The quantitative estimate of drug-likeness (QED) is 0.568. The summed E-state index contributed by atoms with van der Waals surface area (Å²) < 4.78 is 24.4. The molecule has 6 nitrogen and oxygen atoms in total. The van der Waals surface area contributed by atoms with E-state index in [4.69, 9.17) is 18.9 Å². The summed E-state index contributed by atoms with van der Waals surface area (Å²) in [5.74, 6) is -1.29. The average molecular weight is 272 g/mol. The number of hydrogen-bond donors (Lipinski definition) is 1. The van der Waals surface area contributed by atoms with Crippen LogP contribution < -0.4 is 0 Å². The molecule has 0 aliphatic carbocycles. The monoisotopic (exact) mass is 272 g/mol. The van der Waals surface area contributed by atoms with Gasteiger partial charge in [0, 0.05) is 6.92 Å². The Morgan fingerprint density at radius 3 is 2.32 bits per heavy atom. The molecule has 0 radical (unpaired) electrons. The molecule has 0 aromatic rings. The number of hydrogen-bond acceptors (Lipinski definition) is 5. The van der Waals surface area contributed by atoms with Crippen LogP contribution in [0.5, 0.6) is 0 Å². The first-order valence-electron chi connectivity index (χ1n) is 6.65. The van der Waals surface area contributed by atoms with Crippen molar-refractivity contribution in [1.82, 2.24) is 0 Å². The van der Waals surface area contributed by atoms with E-state index in [1.54, 1.807) is 6.21 Å². The molecule has 108 valence electrons. The lowest BCUT2D eigenvalue weighted by Gasteiger charge is -2.29. The van der Waals surface area contributed by atoms with Crippen LogP contribution in [0.2, 0.25) is 0 Å². The molecule has 3 aliphatic rings. The van der Waals surface area contributed by atoms with E-state index in [1.165, 1.54) is 0 Å². The maximum atomic E-state index is 10.2. The molecule has 2 fully saturated rings. The molecule has 2 saturated heterocycles. The van der Waals surface area contributed by atoms with E-state index < -0.39 is 17.1 Å². The third-order valence-electron chi connectivity index (χ3n) is 4.15. The smallest absolute Gasteiger partial charge is 0.265 e. The van der Waals surface area contributed by atoms with E-state index in [0.717, 1.165) is 4.74 Å². The van der Waals surface area contributed by atoms with Crippen molar-refractivity contribution in [3.05, 3.63) is 0 Å². The van der Waals surface area contributed by atoms with Gasteiger partial charge in [0.25, 0.3) is 5.54 Å². The van der Waals surface area contributed by atoms with Crippen LogP contribution in [0.4, 0.5) is 0 Å². The van der Waals surface area contributed by atoms with Crippen LogP contribution in [0.1, 0.15) is 34.6 Å². The van der Waals surface area contributed by atoms with Gasteiger partial charge in [-0.25, -0.2) is 0 Å². The Kier molecular flexibility index (Phi) is 2.59. The largest absolute Gasteiger partial charge is 0.348 e. The first kappa shape index (κ1) is 13.3. The maximum Gasteiger partial charge on any atom is 0.265 e. The van der Waals surface area contributed by atoms with Crippen LogP contribution in [-0.4, -0.2) is 58.2 Å². The molecule has 1 N–H and O–H groups in total. The van der Waals surface area contributed by atoms with Gasteiger partial charge in [-0.1, -0.05) is 0 Å². The zero-order valence-electron chi connectivity index (χ0n) is 12.0. The SMILES string of the molecule is CC1(C)O[C@@H]2[C@@H](C=[N+](O)[C@@]2(C)[C@H]2COC(C)(C)O2)O1. The van der Waals surface area contributed by atoms with Crippen LogP contribution in [0.3, 0.4) is 0 Å². The van der Waals surface area contributed by atoms with E-state index in [1.807, 2.05) is 34.6 Å².